The van der Waals surface area contributed by atoms with Gasteiger partial charge >= 0.3 is 5.97 Å². The number of nitrogens with one attached hydrogen (secondary N) is 1. The molecule has 0 aromatic heterocycles. The Morgan fingerprint density at radius 1 is 1.48 bits per heavy atom. The molecule has 112 valence electrons. The summed E-state index contributed by atoms with van der Waals surface area (Å²) in [5, 5.41) is 11.6. The van der Waals surface area contributed by atoms with Crippen LogP contribution in [0.25, 0.3) is 6.08 Å². The van der Waals surface area contributed by atoms with Gasteiger partial charge in [0.2, 0.25) is 5.91 Å². The molecule has 0 aliphatic carbocycles. The maximum Gasteiger partial charge on any atom is 0.304 e. The van der Waals surface area contributed by atoms with E-state index >= 15 is 0 Å². The number of allylic oxidation sites excluding steroid dienone is 1. The van der Waals surface area contributed by atoms with Gasteiger partial charge in [0.25, 0.3) is 0 Å². The van der Waals surface area contributed by atoms with E-state index < -0.39 is 11.9 Å². The van der Waals surface area contributed by atoms with Gasteiger partial charge in [0, 0.05) is 5.69 Å². The van der Waals surface area contributed by atoms with Gasteiger partial charge in [0.1, 0.15) is 0 Å². The molecule has 1 unspecified atom stereocenters. The van der Waals surface area contributed by atoms with Crippen LogP contribution in [0.15, 0.2) is 24.3 Å². The zero-order valence-corrected chi connectivity index (χ0v) is 11.8. The first kappa shape index (κ1) is 15.3. The van der Waals surface area contributed by atoms with Crippen molar-refractivity contribution in [2.45, 2.75) is 25.7 Å². The SMILES string of the molecule is NCCC/C=C/c1ccc2c(c1)NC(=O)C(CC(=O)O)C2. The summed E-state index contributed by atoms with van der Waals surface area (Å²) in [4.78, 5) is 22.6. The number of nitrogens with two attached hydrogens (primary N) is 1. The minimum absolute atomic E-state index is 0.133. The Kier molecular flexibility index (Phi) is 5.11. The first-order valence-corrected chi connectivity index (χ1v) is 7.12. The Bertz CT molecular complexity index is 567. The Balaban J connectivity index is 2.08. The normalized spacial score (nSPS) is 17.6. The van der Waals surface area contributed by atoms with Crippen LogP contribution in [0, 0.1) is 5.92 Å². The van der Waals surface area contributed by atoms with Crippen molar-refractivity contribution in [3.05, 3.63) is 35.4 Å². The fraction of sp³-hybridized carbons (Fsp3) is 0.375. The number of carboxylic acid groups (broad SMARTS) is 1. The second-order valence-electron chi connectivity index (χ2n) is 5.24. The maximum atomic E-state index is 11.9. The van der Waals surface area contributed by atoms with Crippen LogP contribution < -0.4 is 11.1 Å². The lowest BCUT2D eigenvalue weighted by Crippen LogP contribution is -2.31. The highest BCUT2D eigenvalue weighted by molar-refractivity contribution is 5.97. The lowest BCUT2D eigenvalue weighted by atomic mass is 9.90. The molecule has 5 nitrogen and oxygen atoms in total. The van der Waals surface area contributed by atoms with Gasteiger partial charge in [-0.25, -0.2) is 0 Å². The van der Waals surface area contributed by atoms with Crippen LogP contribution in [0.2, 0.25) is 0 Å². The Hall–Kier alpha value is -2.14. The van der Waals surface area contributed by atoms with E-state index in [-0.39, 0.29) is 12.3 Å². The van der Waals surface area contributed by atoms with E-state index in [1.807, 2.05) is 24.3 Å². The van der Waals surface area contributed by atoms with Crippen molar-refractivity contribution in [3.63, 3.8) is 0 Å². The molecule has 0 saturated heterocycles. The molecule has 1 amide bonds. The summed E-state index contributed by atoms with van der Waals surface area (Å²) in [6.45, 7) is 0.676. The number of hydrogen-bond donors (Lipinski definition) is 3. The fourth-order valence-electron chi connectivity index (χ4n) is 2.42. The van der Waals surface area contributed by atoms with Crippen LogP contribution >= 0.6 is 0 Å². The number of carboxylic acids is 1. The molecule has 0 bridgehead atoms. The van der Waals surface area contributed by atoms with E-state index in [9.17, 15) is 9.59 Å². The lowest BCUT2D eigenvalue weighted by Gasteiger charge is -2.23. The number of fused-ring (bicyclic) bond motifs is 1. The third kappa shape index (κ3) is 4.16. The molecule has 1 aromatic carbocycles. The molecule has 0 radical (unpaired) electrons. The van der Waals surface area contributed by atoms with Crippen molar-refractivity contribution in [3.8, 4) is 0 Å². The molecule has 2 rings (SSSR count). The van der Waals surface area contributed by atoms with Gasteiger partial charge < -0.3 is 16.2 Å². The second kappa shape index (κ2) is 7.04. The van der Waals surface area contributed by atoms with Gasteiger partial charge in [-0.2, -0.15) is 0 Å². The number of unbranched alkanes of at least 4 members (excludes halogenated alkanes) is 1. The zero-order valence-electron chi connectivity index (χ0n) is 11.8. The number of aliphatic carboxylic acids is 1. The number of hydrogen-bond acceptors (Lipinski definition) is 3. The molecular formula is C16H20N2O3. The molecule has 4 N–H and O–H groups in total. The predicted octanol–water partition coefficient (Wildman–Crippen LogP) is 2.02. The number of amides is 1. The van der Waals surface area contributed by atoms with Crippen molar-refractivity contribution in [2.75, 3.05) is 11.9 Å². The van der Waals surface area contributed by atoms with E-state index in [0.29, 0.717) is 13.0 Å². The lowest BCUT2D eigenvalue weighted by molar-refractivity contribution is -0.140. The molecule has 1 atom stereocenters. The van der Waals surface area contributed by atoms with Gasteiger partial charge in [-0.05, 0) is 43.0 Å². The molecule has 0 spiro atoms. The Labute approximate surface area is 123 Å². The highest BCUT2D eigenvalue weighted by atomic mass is 16.4. The largest absolute Gasteiger partial charge is 0.481 e. The molecule has 0 saturated carbocycles. The molecular weight excluding hydrogens is 268 g/mol. The molecule has 5 heteroatoms. The van der Waals surface area contributed by atoms with E-state index in [2.05, 4.69) is 11.4 Å². The van der Waals surface area contributed by atoms with Gasteiger partial charge in [-0.15, -0.1) is 0 Å². The first-order chi connectivity index (χ1) is 10.1. The number of rotatable bonds is 6. The smallest absolute Gasteiger partial charge is 0.304 e. The minimum atomic E-state index is -0.946. The number of carbonyl (C=O) groups excluding carboxylic acids is 1. The summed E-state index contributed by atoms with van der Waals surface area (Å²) in [7, 11) is 0. The third-order valence-corrected chi connectivity index (χ3v) is 3.54. The molecule has 21 heavy (non-hydrogen) atoms. The Morgan fingerprint density at radius 2 is 2.29 bits per heavy atom. The van der Waals surface area contributed by atoms with Crippen LogP contribution in [0.3, 0.4) is 0 Å². The topological polar surface area (TPSA) is 92.4 Å². The highest BCUT2D eigenvalue weighted by Crippen LogP contribution is 2.28. The van der Waals surface area contributed by atoms with Gasteiger partial charge in [-0.3, -0.25) is 9.59 Å². The fourth-order valence-corrected chi connectivity index (χ4v) is 2.42. The average Bonchev–Trinajstić information content (AvgIpc) is 2.44. The average molecular weight is 288 g/mol. The number of benzene rings is 1. The molecule has 1 aliphatic rings. The van der Waals surface area contributed by atoms with E-state index in [0.717, 1.165) is 29.7 Å². The molecule has 1 heterocycles. The van der Waals surface area contributed by atoms with E-state index in [1.54, 1.807) is 0 Å². The van der Waals surface area contributed by atoms with Gasteiger partial charge in [-0.1, -0.05) is 24.3 Å². The first-order valence-electron chi connectivity index (χ1n) is 7.12. The highest BCUT2D eigenvalue weighted by Gasteiger charge is 2.27. The summed E-state index contributed by atoms with van der Waals surface area (Å²) >= 11 is 0. The van der Waals surface area contributed by atoms with Crippen LogP contribution in [0.1, 0.15) is 30.4 Å². The van der Waals surface area contributed by atoms with Crippen LogP contribution in [-0.2, 0) is 16.0 Å². The maximum absolute atomic E-state index is 11.9. The van der Waals surface area contributed by atoms with Crippen molar-refractivity contribution in [1.29, 1.82) is 0 Å². The van der Waals surface area contributed by atoms with Crippen molar-refractivity contribution < 1.29 is 14.7 Å². The quantitative estimate of drug-likeness (QED) is 0.698. The van der Waals surface area contributed by atoms with E-state index in [4.69, 9.17) is 10.8 Å². The standard InChI is InChI=1S/C16H20N2O3/c17-7-3-1-2-4-11-5-6-12-9-13(10-15(19)20)16(21)18-14(12)8-11/h2,4-6,8,13H,1,3,7,9-10,17H2,(H,18,21)(H,19,20)/b4-2+. The zero-order chi connectivity index (χ0) is 15.2. The summed E-state index contributed by atoms with van der Waals surface area (Å²) in [6, 6.07) is 5.85. The number of anilines is 1. The third-order valence-electron chi connectivity index (χ3n) is 3.54. The Morgan fingerprint density at radius 3 is 3.00 bits per heavy atom. The second-order valence-corrected chi connectivity index (χ2v) is 5.24. The molecule has 0 fully saturated rings. The van der Waals surface area contributed by atoms with E-state index in [1.165, 1.54) is 0 Å². The monoisotopic (exact) mass is 288 g/mol. The summed E-state index contributed by atoms with van der Waals surface area (Å²) in [5.41, 5.74) is 8.22. The molecule has 1 aromatic rings. The van der Waals surface area contributed by atoms with Crippen LogP contribution in [-0.4, -0.2) is 23.5 Å². The van der Waals surface area contributed by atoms with Gasteiger partial charge in [0.15, 0.2) is 0 Å². The summed E-state index contributed by atoms with van der Waals surface area (Å²) in [6.07, 6.45) is 6.30. The van der Waals surface area contributed by atoms with Gasteiger partial charge in [0.05, 0.1) is 12.3 Å². The number of carbonyl (C=O) groups is 2. The summed E-state index contributed by atoms with van der Waals surface area (Å²) in [5.74, 6) is -1.65. The predicted molar refractivity (Wildman–Crippen MR) is 81.8 cm³/mol. The van der Waals surface area contributed by atoms with Crippen molar-refractivity contribution >= 4 is 23.6 Å². The van der Waals surface area contributed by atoms with Crippen LogP contribution in [0.5, 0.6) is 0 Å². The van der Waals surface area contributed by atoms with Crippen molar-refractivity contribution in [1.82, 2.24) is 0 Å². The minimum Gasteiger partial charge on any atom is -0.481 e. The molecule has 1 aliphatic heterocycles. The van der Waals surface area contributed by atoms with Crippen LogP contribution in [0.4, 0.5) is 5.69 Å². The van der Waals surface area contributed by atoms with Crippen molar-refractivity contribution in [2.24, 2.45) is 11.7 Å². The summed E-state index contributed by atoms with van der Waals surface area (Å²) < 4.78 is 0.